The van der Waals surface area contributed by atoms with E-state index in [-0.39, 0.29) is 30.8 Å². The van der Waals surface area contributed by atoms with Gasteiger partial charge < -0.3 is 10.2 Å². The van der Waals surface area contributed by atoms with Crippen molar-refractivity contribution in [3.63, 3.8) is 0 Å². The number of rotatable bonds is 13. The number of amides is 2. The molecule has 192 valence electrons. The summed E-state index contributed by atoms with van der Waals surface area (Å²) in [5.74, 6) is -0.331. The Morgan fingerprint density at radius 2 is 1.60 bits per heavy atom. The number of aryl methyl sites for hydroxylation is 1. The molecule has 2 rings (SSSR count). The van der Waals surface area contributed by atoms with Gasteiger partial charge in [0.25, 0.3) is 0 Å². The van der Waals surface area contributed by atoms with Gasteiger partial charge in [-0.05, 0) is 50.3 Å². The average Bonchev–Trinajstić information content (AvgIpc) is 2.82. The van der Waals surface area contributed by atoms with Crippen molar-refractivity contribution in [2.45, 2.75) is 72.0 Å². The van der Waals surface area contributed by atoms with Crippen LogP contribution in [0.1, 0.15) is 57.6 Å². The molecule has 1 N–H and O–H groups in total. The van der Waals surface area contributed by atoms with Crippen LogP contribution in [0.5, 0.6) is 0 Å². The van der Waals surface area contributed by atoms with Gasteiger partial charge in [-0.1, -0.05) is 62.4 Å². The third-order valence-corrected chi connectivity index (χ3v) is 7.30. The monoisotopic (exact) mass is 501 g/mol. The molecule has 2 atom stereocenters. The van der Waals surface area contributed by atoms with Gasteiger partial charge in [-0.15, -0.1) is 0 Å². The summed E-state index contributed by atoms with van der Waals surface area (Å²) < 4.78 is 26.3. The minimum atomic E-state index is -3.51. The van der Waals surface area contributed by atoms with E-state index in [0.29, 0.717) is 25.1 Å². The fourth-order valence-electron chi connectivity index (χ4n) is 3.97. The molecule has 0 heterocycles. The van der Waals surface area contributed by atoms with E-state index < -0.39 is 16.1 Å². The number of hydrogen-bond donors (Lipinski definition) is 1. The predicted molar refractivity (Wildman–Crippen MR) is 142 cm³/mol. The SMILES string of the molecule is CC[C@H](C(=O)N[C@@H](C)CC)N(Cc1ccccc1)C(=O)CCCN(c1ccccc1C)S(C)(=O)=O. The van der Waals surface area contributed by atoms with E-state index in [0.717, 1.165) is 17.5 Å². The van der Waals surface area contributed by atoms with Crippen LogP contribution in [0.15, 0.2) is 54.6 Å². The summed E-state index contributed by atoms with van der Waals surface area (Å²) in [6, 6.07) is 16.3. The van der Waals surface area contributed by atoms with Crippen molar-refractivity contribution in [1.29, 1.82) is 0 Å². The smallest absolute Gasteiger partial charge is 0.243 e. The Hall–Kier alpha value is -2.87. The lowest BCUT2D eigenvalue weighted by molar-refractivity contribution is -0.141. The summed E-state index contributed by atoms with van der Waals surface area (Å²) in [5, 5.41) is 3.00. The van der Waals surface area contributed by atoms with Gasteiger partial charge >= 0.3 is 0 Å². The van der Waals surface area contributed by atoms with Crippen molar-refractivity contribution in [2.24, 2.45) is 0 Å². The van der Waals surface area contributed by atoms with Crippen molar-refractivity contribution in [1.82, 2.24) is 10.2 Å². The zero-order chi connectivity index (χ0) is 26.0. The molecule has 0 spiro atoms. The van der Waals surface area contributed by atoms with Crippen LogP contribution in [0.3, 0.4) is 0 Å². The highest BCUT2D eigenvalue weighted by molar-refractivity contribution is 7.92. The Balaban J connectivity index is 2.20. The van der Waals surface area contributed by atoms with Gasteiger partial charge in [-0.3, -0.25) is 13.9 Å². The molecule has 35 heavy (non-hydrogen) atoms. The average molecular weight is 502 g/mol. The number of nitrogens with zero attached hydrogens (tertiary/aromatic N) is 2. The number of anilines is 1. The van der Waals surface area contributed by atoms with Crippen molar-refractivity contribution < 1.29 is 18.0 Å². The normalized spacial score (nSPS) is 13.1. The van der Waals surface area contributed by atoms with Crippen LogP contribution in [0.2, 0.25) is 0 Å². The summed E-state index contributed by atoms with van der Waals surface area (Å²) >= 11 is 0. The van der Waals surface area contributed by atoms with Crippen molar-refractivity contribution >= 4 is 27.5 Å². The molecule has 2 amide bonds. The molecular formula is C27H39N3O4S. The quantitative estimate of drug-likeness (QED) is 0.444. The highest BCUT2D eigenvalue weighted by Gasteiger charge is 2.29. The standard InChI is InChI=1S/C27H39N3O4S/c1-6-22(4)28-27(32)24(7-2)29(20-23-15-9-8-10-16-23)26(31)18-13-19-30(35(5,33)34)25-17-12-11-14-21(25)3/h8-12,14-17,22,24H,6-7,13,18-20H2,1-5H3,(H,28,32)/t22-,24+/m0/s1. The van der Waals surface area contributed by atoms with Crippen molar-refractivity contribution in [3.8, 4) is 0 Å². The molecule has 0 aliphatic heterocycles. The van der Waals surface area contributed by atoms with E-state index in [1.807, 2.05) is 70.2 Å². The Morgan fingerprint density at radius 1 is 0.971 bits per heavy atom. The van der Waals surface area contributed by atoms with E-state index in [1.165, 1.54) is 10.6 Å². The van der Waals surface area contributed by atoms with E-state index in [4.69, 9.17) is 0 Å². The van der Waals surface area contributed by atoms with Gasteiger partial charge in [-0.2, -0.15) is 0 Å². The number of carbonyl (C=O) groups is 2. The Kier molecular flexibility index (Phi) is 10.8. The van der Waals surface area contributed by atoms with Crippen molar-refractivity contribution in [2.75, 3.05) is 17.1 Å². The number of carbonyl (C=O) groups excluding carboxylic acids is 2. The lowest BCUT2D eigenvalue weighted by atomic mass is 10.1. The first-order valence-corrected chi connectivity index (χ1v) is 14.1. The molecule has 0 saturated carbocycles. The number of hydrogen-bond acceptors (Lipinski definition) is 4. The summed E-state index contributed by atoms with van der Waals surface area (Å²) in [5.41, 5.74) is 2.40. The first-order valence-electron chi connectivity index (χ1n) is 12.3. The molecule has 2 aromatic carbocycles. The molecule has 0 aliphatic rings. The van der Waals surface area contributed by atoms with Gasteiger partial charge in [0.1, 0.15) is 6.04 Å². The molecule has 0 bridgehead atoms. The van der Waals surface area contributed by atoms with Gasteiger partial charge in [0.15, 0.2) is 0 Å². The maximum absolute atomic E-state index is 13.4. The fraction of sp³-hybridized carbons (Fsp3) is 0.481. The minimum absolute atomic E-state index is 0.0164. The van der Waals surface area contributed by atoms with Gasteiger partial charge in [0.2, 0.25) is 21.8 Å². The van der Waals surface area contributed by atoms with Crippen LogP contribution in [0.25, 0.3) is 0 Å². The van der Waals surface area contributed by atoms with E-state index in [2.05, 4.69) is 5.32 Å². The minimum Gasteiger partial charge on any atom is -0.352 e. The number of sulfonamides is 1. The molecule has 0 saturated heterocycles. The Morgan fingerprint density at radius 3 is 2.17 bits per heavy atom. The molecule has 0 fully saturated rings. The van der Waals surface area contributed by atoms with Crippen LogP contribution in [0, 0.1) is 6.92 Å². The maximum atomic E-state index is 13.4. The predicted octanol–water partition coefficient (Wildman–Crippen LogP) is 4.26. The largest absolute Gasteiger partial charge is 0.352 e. The Labute approximate surface area is 210 Å². The lowest BCUT2D eigenvalue weighted by Crippen LogP contribution is -2.50. The molecule has 0 aliphatic carbocycles. The molecule has 0 radical (unpaired) electrons. The number of para-hydroxylation sites is 1. The zero-order valence-electron chi connectivity index (χ0n) is 21.5. The summed E-state index contributed by atoms with van der Waals surface area (Å²) in [4.78, 5) is 28.1. The zero-order valence-corrected chi connectivity index (χ0v) is 22.3. The van der Waals surface area contributed by atoms with E-state index >= 15 is 0 Å². The Bertz CT molecular complexity index is 1070. The number of nitrogens with one attached hydrogen (secondary N) is 1. The second-order valence-corrected chi connectivity index (χ2v) is 10.9. The first-order chi connectivity index (χ1) is 16.6. The van der Waals surface area contributed by atoms with Crippen LogP contribution in [0.4, 0.5) is 5.69 Å². The van der Waals surface area contributed by atoms with E-state index in [9.17, 15) is 18.0 Å². The van der Waals surface area contributed by atoms with Crippen LogP contribution in [-0.2, 0) is 26.2 Å². The second kappa shape index (κ2) is 13.3. The second-order valence-electron chi connectivity index (χ2n) is 8.97. The van der Waals surface area contributed by atoms with Gasteiger partial charge in [0, 0.05) is 25.6 Å². The first kappa shape index (κ1) is 28.4. The lowest BCUT2D eigenvalue weighted by Gasteiger charge is -2.32. The van der Waals surface area contributed by atoms with E-state index in [1.54, 1.807) is 17.0 Å². The molecule has 8 heteroatoms. The fourth-order valence-corrected chi connectivity index (χ4v) is 4.99. The summed E-state index contributed by atoms with van der Waals surface area (Å²) in [7, 11) is -3.51. The maximum Gasteiger partial charge on any atom is 0.243 e. The van der Waals surface area contributed by atoms with Crippen LogP contribution < -0.4 is 9.62 Å². The molecular weight excluding hydrogens is 462 g/mol. The van der Waals surface area contributed by atoms with Gasteiger partial charge in [-0.25, -0.2) is 8.42 Å². The number of benzene rings is 2. The highest BCUT2D eigenvalue weighted by atomic mass is 32.2. The molecule has 0 aromatic heterocycles. The molecule has 0 unspecified atom stereocenters. The van der Waals surface area contributed by atoms with Crippen LogP contribution in [-0.4, -0.2) is 50.0 Å². The molecule has 7 nitrogen and oxygen atoms in total. The summed E-state index contributed by atoms with van der Waals surface area (Å²) in [6.45, 7) is 8.21. The topological polar surface area (TPSA) is 86.8 Å². The highest BCUT2D eigenvalue weighted by Crippen LogP contribution is 2.23. The van der Waals surface area contributed by atoms with Crippen molar-refractivity contribution in [3.05, 3.63) is 65.7 Å². The summed E-state index contributed by atoms with van der Waals surface area (Å²) in [6.07, 6.45) is 2.94. The third-order valence-electron chi connectivity index (χ3n) is 6.12. The molecule has 2 aromatic rings. The van der Waals surface area contributed by atoms with Crippen LogP contribution >= 0.6 is 0 Å². The van der Waals surface area contributed by atoms with Gasteiger partial charge in [0.05, 0.1) is 11.9 Å². The third kappa shape index (κ3) is 8.38.